The Labute approximate surface area is 67.5 Å². The zero-order chi connectivity index (χ0) is 7.84. The van der Waals surface area contributed by atoms with Gasteiger partial charge in [0.2, 0.25) is 0 Å². The maximum atomic E-state index is 11.4. The number of allylic oxidation sites excluding steroid dienone is 2. The second-order valence-corrected chi connectivity index (χ2v) is 3.81. The molecule has 0 heterocycles. The van der Waals surface area contributed by atoms with Gasteiger partial charge in [0.1, 0.15) is 5.78 Å². The molecule has 0 aromatic heterocycles. The van der Waals surface area contributed by atoms with Crippen LogP contribution in [0.3, 0.4) is 0 Å². The number of carbonyl (C=O) groups is 1. The first-order chi connectivity index (χ1) is 5.29. The summed E-state index contributed by atoms with van der Waals surface area (Å²) in [5, 5.41) is 0. The molecule has 0 amide bonds. The molecule has 2 aliphatic rings. The van der Waals surface area contributed by atoms with Crippen LogP contribution in [-0.4, -0.2) is 5.78 Å². The Morgan fingerprint density at radius 2 is 2.36 bits per heavy atom. The molecular weight excluding hydrogens is 136 g/mol. The van der Waals surface area contributed by atoms with E-state index in [1.54, 1.807) is 0 Å². The third kappa shape index (κ3) is 1.03. The van der Waals surface area contributed by atoms with E-state index in [9.17, 15) is 4.79 Å². The first-order valence-electron chi connectivity index (χ1n) is 4.48. The van der Waals surface area contributed by atoms with Crippen LogP contribution < -0.4 is 0 Å². The Morgan fingerprint density at radius 3 is 3.09 bits per heavy atom. The van der Waals surface area contributed by atoms with Gasteiger partial charge in [-0.3, -0.25) is 4.79 Å². The van der Waals surface area contributed by atoms with Gasteiger partial charge in [-0.25, -0.2) is 0 Å². The fraction of sp³-hybridized carbons (Fsp3) is 0.700. The van der Waals surface area contributed by atoms with E-state index in [-0.39, 0.29) is 0 Å². The van der Waals surface area contributed by atoms with Gasteiger partial charge in [0.05, 0.1) is 0 Å². The second-order valence-electron chi connectivity index (χ2n) is 3.81. The Kier molecular flexibility index (Phi) is 1.59. The molecule has 3 atom stereocenters. The zero-order valence-corrected chi connectivity index (χ0v) is 6.92. The predicted molar refractivity (Wildman–Crippen MR) is 44.1 cm³/mol. The minimum Gasteiger partial charge on any atom is -0.299 e. The summed E-state index contributed by atoms with van der Waals surface area (Å²) in [5.74, 6) is 2.07. The van der Waals surface area contributed by atoms with Crippen molar-refractivity contribution in [3.8, 4) is 0 Å². The highest BCUT2D eigenvalue weighted by molar-refractivity contribution is 5.84. The van der Waals surface area contributed by atoms with Gasteiger partial charge < -0.3 is 0 Å². The van der Waals surface area contributed by atoms with E-state index in [1.165, 1.54) is 0 Å². The smallest absolute Gasteiger partial charge is 0.136 e. The standard InChI is InChI=1S/C10H14O/c1-7-3-2-4-8-5-6-9(11)10(7)8/h2-3,7-8,10H,4-6H2,1H3/t7?,8-,10-/m1/s1. The van der Waals surface area contributed by atoms with Crippen LogP contribution in [0.5, 0.6) is 0 Å². The molecule has 0 aliphatic heterocycles. The SMILES string of the molecule is CC1C=CC[C@@H]2CCC(=O)[C@H]12. The number of rotatable bonds is 0. The van der Waals surface area contributed by atoms with Crippen molar-refractivity contribution in [1.29, 1.82) is 0 Å². The van der Waals surface area contributed by atoms with E-state index in [4.69, 9.17) is 0 Å². The fourth-order valence-corrected chi connectivity index (χ4v) is 2.51. The molecular formula is C10H14O. The lowest BCUT2D eigenvalue weighted by Gasteiger charge is -2.25. The van der Waals surface area contributed by atoms with Gasteiger partial charge in [-0.15, -0.1) is 0 Å². The van der Waals surface area contributed by atoms with Crippen LogP contribution in [-0.2, 0) is 4.79 Å². The average molecular weight is 150 g/mol. The number of carbonyl (C=O) groups excluding carboxylic acids is 1. The van der Waals surface area contributed by atoms with Crippen molar-refractivity contribution in [3.63, 3.8) is 0 Å². The Hall–Kier alpha value is -0.590. The van der Waals surface area contributed by atoms with Crippen molar-refractivity contribution in [3.05, 3.63) is 12.2 Å². The molecule has 0 bridgehead atoms. The average Bonchev–Trinajstić information content (AvgIpc) is 2.34. The number of hydrogen-bond acceptors (Lipinski definition) is 1. The lowest BCUT2D eigenvalue weighted by atomic mass is 9.79. The zero-order valence-electron chi connectivity index (χ0n) is 6.92. The third-order valence-electron chi connectivity index (χ3n) is 3.09. The largest absolute Gasteiger partial charge is 0.299 e. The molecule has 1 heteroatoms. The first kappa shape index (κ1) is 7.08. The van der Waals surface area contributed by atoms with Crippen LogP contribution in [0.1, 0.15) is 26.2 Å². The summed E-state index contributed by atoms with van der Waals surface area (Å²) in [6, 6.07) is 0. The first-order valence-corrected chi connectivity index (χ1v) is 4.48. The van der Waals surface area contributed by atoms with Gasteiger partial charge >= 0.3 is 0 Å². The minimum absolute atomic E-state index is 0.375. The summed E-state index contributed by atoms with van der Waals surface area (Å²) in [4.78, 5) is 11.4. The number of ketones is 1. The summed E-state index contributed by atoms with van der Waals surface area (Å²) in [7, 11) is 0. The summed E-state index contributed by atoms with van der Waals surface area (Å²) < 4.78 is 0. The minimum atomic E-state index is 0.375. The van der Waals surface area contributed by atoms with Gasteiger partial charge in [0, 0.05) is 12.3 Å². The highest BCUT2D eigenvalue weighted by Crippen LogP contribution is 2.39. The van der Waals surface area contributed by atoms with Crippen LogP contribution in [0, 0.1) is 17.8 Å². The molecule has 60 valence electrons. The fourth-order valence-electron chi connectivity index (χ4n) is 2.51. The molecule has 0 saturated heterocycles. The monoisotopic (exact) mass is 150 g/mol. The van der Waals surface area contributed by atoms with Crippen molar-refractivity contribution >= 4 is 5.78 Å². The van der Waals surface area contributed by atoms with Crippen LogP contribution in [0.4, 0.5) is 0 Å². The number of hydrogen-bond donors (Lipinski definition) is 0. The van der Waals surface area contributed by atoms with Gasteiger partial charge in [-0.05, 0) is 24.7 Å². The van der Waals surface area contributed by atoms with Gasteiger partial charge in [0.15, 0.2) is 0 Å². The maximum Gasteiger partial charge on any atom is 0.136 e. The molecule has 2 rings (SSSR count). The molecule has 1 nitrogen and oxygen atoms in total. The molecule has 0 aromatic carbocycles. The Bertz CT molecular complexity index is 205. The quantitative estimate of drug-likeness (QED) is 0.484. The van der Waals surface area contributed by atoms with Gasteiger partial charge in [-0.1, -0.05) is 19.1 Å². The molecule has 0 aromatic rings. The molecule has 11 heavy (non-hydrogen) atoms. The lowest BCUT2D eigenvalue weighted by molar-refractivity contribution is -0.122. The molecule has 2 aliphatic carbocycles. The maximum absolute atomic E-state index is 11.4. The Morgan fingerprint density at radius 1 is 1.55 bits per heavy atom. The van der Waals surface area contributed by atoms with Gasteiger partial charge in [-0.2, -0.15) is 0 Å². The lowest BCUT2D eigenvalue weighted by Crippen LogP contribution is -2.23. The molecule has 1 unspecified atom stereocenters. The molecule has 0 spiro atoms. The summed E-state index contributed by atoms with van der Waals surface area (Å²) in [6.07, 6.45) is 7.55. The van der Waals surface area contributed by atoms with E-state index in [0.717, 1.165) is 19.3 Å². The molecule has 0 radical (unpaired) electrons. The topological polar surface area (TPSA) is 17.1 Å². The highest BCUT2D eigenvalue weighted by Gasteiger charge is 2.38. The van der Waals surface area contributed by atoms with E-state index in [0.29, 0.717) is 23.5 Å². The van der Waals surface area contributed by atoms with Gasteiger partial charge in [0.25, 0.3) is 0 Å². The second kappa shape index (κ2) is 2.47. The van der Waals surface area contributed by atoms with E-state index < -0.39 is 0 Å². The van der Waals surface area contributed by atoms with E-state index in [1.807, 2.05) is 0 Å². The molecule has 1 saturated carbocycles. The normalized spacial score (nSPS) is 42.6. The van der Waals surface area contributed by atoms with Crippen LogP contribution in [0.25, 0.3) is 0 Å². The third-order valence-corrected chi connectivity index (χ3v) is 3.09. The summed E-state index contributed by atoms with van der Waals surface area (Å²) in [5.41, 5.74) is 0. The predicted octanol–water partition coefficient (Wildman–Crippen LogP) is 2.18. The summed E-state index contributed by atoms with van der Waals surface area (Å²) in [6.45, 7) is 2.16. The highest BCUT2D eigenvalue weighted by atomic mass is 16.1. The van der Waals surface area contributed by atoms with Crippen molar-refractivity contribution in [2.45, 2.75) is 26.2 Å². The Balaban J connectivity index is 2.23. The molecule has 0 N–H and O–H groups in total. The summed E-state index contributed by atoms with van der Waals surface area (Å²) >= 11 is 0. The van der Waals surface area contributed by atoms with Crippen LogP contribution in [0.15, 0.2) is 12.2 Å². The van der Waals surface area contributed by atoms with Crippen molar-refractivity contribution < 1.29 is 4.79 Å². The number of Topliss-reactive ketones (excluding diaryl/α,β-unsaturated/α-hetero) is 1. The van der Waals surface area contributed by atoms with E-state index in [2.05, 4.69) is 19.1 Å². The van der Waals surface area contributed by atoms with Crippen molar-refractivity contribution in [2.75, 3.05) is 0 Å². The van der Waals surface area contributed by atoms with Crippen molar-refractivity contribution in [2.24, 2.45) is 17.8 Å². The van der Waals surface area contributed by atoms with E-state index >= 15 is 0 Å². The van der Waals surface area contributed by atoms with Crippen LogP contribution in [0.2, 0.25) is 0 Å². The van der Waals surface area contributed by atoms with Crippen molar-refractivity contribution in [1.82, 2.24) is 0 Å². The molecule has 1 fully saturated rings. The van der Waals surface area contributed by atoms with Crippen LogP contribution >= 0.6 is 0 Å². The number of fused-ring (bicyclic) bond motifs is 1.